The molecular formula is C27H54ClNO2. The maximum atomic E-state index is 12.1. The van der Waals surface area contributed by atoms with Gasteiger partial charge in [0, 0.05) is 12.5 Å². The van der Waals surface area contributed by atoms with Gasteiger partial charge in [0.05, 0.1) is 20.1 Å². The molecule has 186 valence electrons. The monoisotopic (exact) mass is 459 g/mol. The van der Waals surface area contributed by atoms with Gasteiger partial charge in [-0.25, -0.2) is 4.79 Å². The summed E-state index contributed by atoms with van der Waals surface area (Å²) >= 11 is 0. The molecule has 1 atom stereocenters. The molecule has 0 aliphatic rings. The fraction of sp³-hybridized carbons (Fsp3) is 0.889. The van der Waals surface area contributed by atoms with Gasteiger partial charge < -0.3 is 17.1 Å². The molecule has 0 saturated heterocycles. The number of halogens is 1. The zero-order chi connectivity index (χ0) is 22.7. The number of carbonyl (C=O) groups excluding carboxylic acids is 1. The second-order valence-corrected chi connectivity index (χ2v) is 9.66. The first-order chi connectivity index (χ1) is 14.4. The lowest BCUT2D eigenvalue weighted by atomic mass is 10.1. The van der Waals surface area contributed by atoms with Crippen molar-refractivity contribution in [3.8, 4) is 0 Å². The quantitative estimate of drug-likeness (QED) is 0.0776. The summed E-state index contributed by atoms with van der Waals surface area (Å²) in [6.45, 7) is 14.3. The van der Waals surface area contributed by atoms with Crippen molar-refractivity contribution in [3.05, 3.63) is 12.2 Å². The SMILES string of the molecule is C=C(C)C(=O)OC(C)[N+](C)(CCCCCCCCCC)CCCCCCCCCC.[Cl-]. The molecule has 0 heterocycles. The summed E-state index contributed by atoms with van der Waals surface area (Å²) in [5, 5.41) is 0. The molecule has 0 spiro atoms. The van der Waals surface area contributed by atoms with Crippen molar-refractivity contribution in [1.29, 1.82) is 0 Å². The first kappa shape index (κ1) is 32.6. The van der Waals surface area contributed by atoms with E-state index in [9.17, 15) is 4.79 Å². The Bertz CT molecular complexity index is 419. The zero-order valence-corrected chi connectivity index (χ0v) is 22.4. The average Bonchev–Trinajstić information content (AvgIpc) is 2.71. The van der Waals surface area contributed by atoms with Crippen LogP contribution in [0.3, 0.4) is 0 Å². The second-order valence-electron chi connectivity index (χ2n) is 9.66. The topological polar surface area (TPSA) is 26.3 Å². The van der Waals surface area contributed by atoms with Gasteiger partial charge in [0.25, 0.3) is 0 Å². The van der Waals surface area contributed by atoms with Crippen LogP contribution in [0.1, 0.15) is 130 Å². The Hall–Kier alpha value is -0.540. The number of nitrogens with zero attached hydrogens (tertiary/aromatic N) is 1. The molecular weight excluding hydrogens is 406 g/mol. The van der Waals surface area contributed by atoms with Gasteiger partial charge in [-0.2, -0.15) is 0 Å². The van der Waals surface area contributed by atoms with Gasteiger partial charge in [-0.3, -0.25) is 4.48 Å². The molecule has 0 aliphatic heterocycles. The highest BCUT2D eigenvalue weighted by Crippen LogP contribution is 2.19. The Morgan fingerprint density at radius 1 is 0.742 bits per heavy atom. The van der Waals surface area contributed by atoms with E-state index in [1.165, 1.54) is 103 Å². The number of carbonyl (C=O) groups is 1. The highest BCUT2D eigenvalue weighted by Gasteiger charge is 2.31. The highest BCUT2D eigenvalue weighted by atomic mass is 35.5. The molecule has 0 aromatic heterocycles. The third-order valence-corrected chi connectivity index (χ3v) is 6.55. The fourth-order valence-electron chi connectivity index (χ4n) is 4.07. The maximum Gasteiger partial charge on any atom is 0.337 e. The number of rotatable bonds is 21. The largest absolute Gasteiger partial charge is 1.00 e. The molecule has 3 nitrogen and oxygen atoms in total. The molecule has 0 aromatic carbocycles. The Labute approximate surface area is 201 Å². The Balaban J connectivity index is 0. The first-order valence-electron chi connectivity index (χ1n) is 13.1. The summed E-state index contributed by atoms with van der Waals surface area (Å²) in [6, 6.07) is 0. The maximum absolute atomic E-state index is 12.1. The molecule has 31 heavy (non-hydrogen) atoms. The van der Waals surface area contributed by atoms with Crippen LogP contribution in [-0.2, 0) is 9.53 Å². The van der Waals surface area contributed by atoms with Crippen LogP contribution in [-0.4, -0.2) is 36.8 Å². The number of hydrogen-bond acceptors (Lipinski definition) is 2. The molecule has 0 amide bonds. The second kappa shape index (κ2) is 21.3. The van der Waals surface area contributed by atoms with Gasteiger partial charge >= 0.3 is 5.97 Å². The number of unbranched alkanes of at least 4 members (excludes halogenated alkanes) is 14. The summed E-state index contributed by atoms with van der Waals surface area (Å²) in [5.41, 5.74) is 0.493. The fourth-order valence-corrected chi connectivity index (χ4v) is 4.07. The smallest absolute Gasteiger partial charge is 0.337 e. The molecule has 0 N–H and O–H groups in total. The summed E-state index contributed by atoms with van der Waals surface area (Å²) in [6.07, 6.45) is 21.2. The molecule has 0 aliphatic carbocycles. The van der Waals surface area contributed by atoms with E-state index < -0.39 is 0 Å². The minimum atomic E-state index is -0.251. The van der Waals surface area contributed by atoms with Crippen molar-refractivity contribution >= 4 is 5.97 Å². The van der Waals surface area contributed by atoms with Crippen molar-refractivity contribution in [2.75, 3.05) is 20.1 Å². The highest BCUT2D eigenvalue weighted by molar-refractivity contribution is 5.86. The van der Waals surface area contributed by atoms with E-state index in [4.69, 9.17) is 4.74 Å². The lowest BCUT2D eigenvalue weighted by molar-refractivity contribution is -0.950. The minimum absolute atomic E-state index is 0. The third kappa shape index (κ3) is 17.7. The van der Waals surface area contributed by atoms with Gasteiger partial charge in [-0.05, 0) is 32.6 Å². The van der Waals surface area contributed by atoms with Gasteiger partial charge in [0.2, 0.25) is 6.23 Å². The van der Waals surface area contributed by atoms with Crippen molar-refractivity contribution in [3.63, 3.8) is 0 Å². The third-order valence-electron chi connectivity index (χ3n) is 6.55. The number of hydrogen-bond donors (Lipinski definition) is 0. The lowest BCUT2D eigenvalue weighted by Crippen LogP contribution is -3.00. The normalized spacial score (nSPS) is 12.3. The van der Waals surface area contributed by atoms with E-state index in [1.54, 1.807) is 6.92 Å². The summed E-state index contributed by atoms with van der Waals surface area (Å²) in [5.74, 6) is -0.251. The average molecular weight is 460 g/mol. The first-order valence-corrected chi connectivity index (χ1v) is 13.1. The molecule has 0 saturated carbocycles. The van der Waals surface area contributed by atoms with E-state index in [0.717, 1.165) is 17.6 Å². The molecule has 0 rings (SSSR count). The van der Waals surface area contributed by atoms with Crippen molar-refractivity contribution < 1.29 is 26.4 Å². The molecule has 1 unspecified atom stereocenters. The molecule has 4 heteroatoms. The summed E-state index contributed by atoms with van der Waals surface area (Å²) in [4.78, 5) is 12.1. The van der Waals surface area contributed by atoms with Crippen LogP contribution < -0.4 is 12.4 Å². The lowest BCUT2D eigenvalue weighted by Gasteiger charge is -2.39. The van der Waals surface area contributed by atoms with E-state index in [-0.39, 0.29) is 24.6 Å². The minimum Gasteiger partial charge on any atom is -1.00 e. The standard InChI is InChI=1S/C27H54NO2.ClH/c1-7-9-11-13-15-17-19-21-23-28(6,26(5)30-27(29)25(3)4)24-22-20-18-16-14-12-10-8-2;/h26H,3,7-24H2,1-2,4-6H3;1H/q+1;/p-1. The summed E-state index contributed by atoms with van der Waals surface area (Å²) in [7, 11) is 2.28. The van der Waals surface area contributed by atoms with E-state index in [1.807, 2.05) is 0 Å². The Kier molecular flexibility index (Phi) is 22.4. The molecule has 0 fully saturated rings. The van der Waals surface area contributed by atoms with Crippen molar-refractivity contribution in [2.24, 2.45) is 0 Å². The van der Waals surface area contributed by atoms with Crippen LogP contribution in [0, 0.1) is 0 Å². The van der Waals surface area contributed by atoms with Crippen LogP contribution in [0.5, 0.6) is 0 Å². The number of quaternary nitrogens is 1. The van der Waals surface area contributed by atoms with Crippen LogP contribution in [0.25, 0.3) is 0 Å². The van der Waals surface area contributed by atoms with E-state index >= 15 is 0 Å². The van der Waals surface area contributed by atoms with Crippen molar-refractivity contribution in [1.82, 2.24) is 0 Å². The van der Waals surface area contributed by atoms with E-state index in [2.05, 4.69) is 34.4 Å². The summed E-state index contributed by atoms with van der Waals surface area (Å²) < 4.78 is 6.59. The molecule has 0 aromatic rings. The number of ether oxygens (including phenoxy) is 1. The van der Waals surface area contributed by atoms with Gasteiger partial charge in [0.15, 0.2) is 0 Å². The van der Waals surface area contributed by atoms with Gasteiger partial charge in [-0.1, -0.05) is 97.5 Å². The molecule has 0 bridgehead atoms. The van der Waals surface area contributed by atoms with Crippen LogP contribution in [0.15, 0.2) is 12.2 Å². The molecule has 0 radical (unpaired) electrons. The zero-order valence-electron chi connectivity index (χ0n) is 21.7. The Morgan fingerprint density at radius 3 is 1.39 bits per heavy atom. The van der Waals surface area contributed by atoms with Gasteiger partial charge in [0.1, 0.15) is 0 Å². The number of esters is 1. The van der Waals surface area contributed by atoms with Crippen LogP contribution in [0.4, 0.5) is 0 Å². The van der Waals surface area contributed by atoms with Crippen LogP contribution in [0.2, 0.25) is 0 Å². The predicted octanol–water partition coefficient (Wildman–Crippen LogP) is 5.18. The van der Waals surface area contributed by atoms with Crippen molar-refractivity contribution in [2.45, 2.75) is 137 Å². The van der Waals surface area contributed by atoms with Crippen LogP contribution >= 0.6 is 0 Å². The predicted molar refractivity (Wildman–Crippen MR) is 132 cm³/mol. The van der Waals surface area contributed by atoms with E-state index in [0.29, 0.717) is 5.57 Å². The van der Waals surface area contributed by atoms with Gasteiger partial charge in [-0.15, -0.1) is 0 Å². The Morgan fingerprint density at radius 2 is 1.06 bits per heavy atom.